The fourth-order valence-electron chi connectivity index (χ4n) is 3.55. The van der Waals surface area contributed by atoms with Gasteiger partial charge in [-0.05, 0) is 45.1 Å². The number of aromatic nitrogens is 1. The van der Waals surface area contributed by atoms with Crippen LogP contribution in [0, 0.1) is 0 Å². The van der Waals surface area contributed by atoms with Crippen molar-refractivity contribution >= 4 is 9.84 Å². The number of likely N-dealkylation sites (N-methyl/N-ethyl adjacent to an activating group) is 1. The molecule has 6 heteroatoms. The summed E-state index contributed by atoms with van der Waals surface area (Å²) in [4.78, 5) is 2.40. The van der Waals surface area contributed by atoms with Gasteiger partial charge in [0, 0.05) is 25.0 Å². The molecule has 106 valence electrons. The van der Waals surface area contributed by atoms with Gasteiger partial charge in [0.1, 0.15) is 5.03 Å². The van der Waals surface area contributed by atoms with Crippen molar-refractivity contribution < 1.29 is 8.42 Å². The van der Waals surface area contributed by atoms with Crippen LogP contribution in [0.3, 0.4) is 0 Å². The second-order valence-corrected chi connectivity index (χ2v) is 7.65. The molecule has 1 saturated heterocycles. The van der Waals surface area contributed by atoms with Crippen molar-refractivity contribution in [1.82, 2.24) is 14.8 Å². The molecular formula is C13H21N3O2S. The summed E-state index contributed by atoms with van der Waals surface area (Å²) >= 11 is 0. The molecule has 2 aliphatic rings. The summed E-state index contributed by atoms with van der Waals surface area (Å²) in [6.45, 7) is 3.65. The maximum atomic E-state index is 11.9. The van der Waals surface area contributed by atoms with Gasteiger partial charge in [0.2, 0.25) is 0 Å². The van der Waals surface area contributed by atoms with E-state index in [0.717, 1.165) is 39.0 Å². The van der Waals surface area contributed by atoms with Crippen LogP contribution in [0.2, 0.25) is 0 Å². The van der Waals surface area contributed by atoms with Crippen molar-refractivity contribution in [3.05, 3.63) is 17.8 Å². The van der Waals surface area contributed by atoms with Gasteiger partial charge in [-0.15, -0.1) is 0 Å². The number of hydrogen-bond acceptors (Lipinski definition) is 4. The van der Waals surface area contributed by atoms with E-state index in [2.05, 4.69) is 17.3 Å². The van der Waals surface area contributed by atoms with Crippen molar-refractivity contribution in [2.45, 2.75) is 30.0 Å². The molecule has 3 rings (SSSR count). The first kappa shape index (κ1) is 13.1. The van der Waals surface area contributed by atoms with Gasteiger partial charge in [-0.25, -0.2) is 8.42 Å². The van der Waals surface area contributed by atoms with Crippen LogP contribution in [0.1, 0.15) is 18.5 Å². The molecule has 2 aliphatic heterocycles. The number of rotatable bonds is 1. The molecule has 0 aromatic carbocycles. The van der Waals surface area contributed by atoms with E-state index in [9.17, 15) is 8.42 Å². The molecule has 0 radical (unpaired) electrons. The predicted molar refractivity (Wildman–Crippen MR) is 74.0 cm³/mol. The van der Waals surface area contributed by atoms with Crippen LogP contribution in [0.5, 0.6) is 0 Å². The maximum absolute atomic E-state index is 11.9. The monoisotopic (exact) mass is 283 g/mol. The summed E-state index contributed by atoms with van der Waals surface area (Å²) in [7, 11) is -0.990. The average molecular weight is 283 g/mol. The minimum absolute atomic E-state index is 0.00639. The summed E-state index contributed by atoms with van der Waals surface area (Å²) in [6, 6.07) is 3.78. The van der Waals surface area contributed by atoms with E-state index in [0.29, 0.717) is 5.03 Å². The number of piperidine rings is 1. The number of nitrogens with zero attached hydrogens (tertiary/aromatic N) is 2. The zero-order valence-corrected chi connectivity index (χ0v) is 12.3. The third-order valence-corrected chi connectivity index (χ3v) is 5.73. The Morgan fingerprint density at radius 2 is 1.89 bits per heavy atom. The van der Waals surface area contributed by atoms with Gasteiger partial charge < -0.3 is 9.88 Å². The van der Waals surface area contributed by atoms with Crippen LogP contribution in [0.15, 0.2) is 17.2 Å². The van der Waals surface area contributed by atoms with Gasteiger partial charge in [0.15, 0.2) is 9.84 Å². The van der Waals surface area contributed by atoms with Crippen LogP contribution in [0.25, 0.3) is 0 Å². The van der Waals surface area contributed by atoms with Crippen LogP contribution in [-0.2, 0) is 21.9 Å². The highest BCUT2D eigenvalue weighted by atomic mass is 32.2. The Hall–Kier alpha value is -0.850. The Labute approximate surface area is 114 Å². The van der Waals surface area contributed by atoms with E-state index in [1.807, 2.05) is 10.6 Å². The van der Waals surface area contributed by atoms with E-state index in [-0.39, 0.29) is 5.54 Å². The van der Waals surface area contributed by atoms with E-state index in [1.165, 1.54) is 11.9 Å². The average Bonchev–Trinajstić information content (AvgIpc) is 2.80. The summed E-state index contributed by atoms with van der Waals surface area (Å²) in [6.07, 6.45) is 3.37. The molecule has 5 nitrogen and oxygen atoms in total. The third-order valence-electron chi connectivity index (χ3n) is 4.62. The highest BCUT2D eigenvalue weighted by Crippen LogP contribution is 2.40. The summed E-state index contributed by atoms with van der Waals surface area (Å²) in [5.41, 5.74) is 1.18. The van der Waals surface area contributed by atoms with Crippen molar-refractivity contribution in [1.29, 1.82) is 0 Å². The smallest absolute Gasteiger partial charge is 0.190 e. The fourth-order valence-corrected chi connectivity index (χ4v) is 4.45. The van der Waals surface area contributed by atoms with Gasteiger partial charge in [-0.2, -0.15) is 0 Å². The molecule has 1 N–H and O–H groups in total. The topological polar surface area (TPSA) is 54.3 Å². The van der Waals surface area contributed by atoms with Crippen molar-refractivity contribution in [2.75, 3.05) is 32.9 Å². The van der Waals surface area contributed by atoms with E-state index in [4.69, 9.17) is 0 Å². The first-order valence-electron chi connectivity index (χ1n) is 6.77. The highest BCUT2D eigenvalue weighted by molar-refractivity contribution is 7.90. The lowest BCUT2D eigenvalue weighted by Crippen LogP contribution is -2.55. The fraction of sp³-hybridized carbons (Fsp3) is 0.692. The minimum atomic E-state index is -3.14. The van der Waals surface area contributed by atoms with E-state index >= 15 is 0 Å². The third kappa shape index (κ3) is 1.93. The molecule has 0 bridgehead atoms. The molecule has 1 fully saturated rings. The summed E-state index contributed by atoms with van der Waals surface area (Å²) in [5, 5.41) is 3.86. The molecule has 0 atom stereocenters. The lowest BCUT2D eigenvalue weighted by molar-refractivity contribution is 0.0460. The van der Waals surface area contributed by atoms with Crippen molar-refractivity contribution in [3.63, 3.8) is 0 Å². The van der Waals surface area contributed by atoms with E-state index in [1.54, 1.807) is 6.07 Å². The number of sulfone groups is 1. The van der Waals surface area contributed by atoms with E-state index < -0.39 is 9.84 Å². The lowest BCUT2D eigenvalue weighted by atomic mass is 9.82. The van der Waals surface area contributed by atoms with Gasteiger partial charge in [-0.3, -0.25) is 4.90 Å². The maximum Gasteiger partial charge on any atom is 0.190 e. The lowest BCUT2D eigenvalue weighted by Gasteiger charge is -2.48. The Balaban J connectivity index is 2.14. The van der Waals surface area contributed by atoms with Crippen LogP contribution < -0.4 is 5.32 Å². The summed E-state index contributed by atoms with van der Waals surface area (Å²) < 4.78 is 25.8. The molecule has 0 amide bonds. The minimum Gasteiger partial charge on any atom is -0.333 e. The molecule has 0 saturated carbocycles. The van der Waals surface area contributed by atoms with Crippen LogP contribution >= 0.6 is 0 Å². The Morgan fingerprint density at radius 1 is 1.21 bits per heavy atom. The van der Waals surface area contributed by atoms with Gasteiger partial charge in [-0.1, -0.05) is 0 Å². The standard InChI is InChI=1S/C13H21N3O2S/c1-15-9-10-16-11(3-4-12(16)19(2,17)18)13(15)5-7-14-8-6-13/h3-4,14H,5-10H2,1-2H3. The van der Waals surface area contributed by atoms with Crippen LogP contribution in [-0.4, -0.2) is 50.8 Å². The second kappa shape index (κ2) is 4.33. The van der Waals surface area contributed by atoms with Gasteiger partial charge in [0.05, 0.1) is 5.54 Å². The number of nitrogens with one attached hydrogen (secondary N) is 1. The largest absolute Gasteiger partial charge is 0.333 e. The summed E-state index contributed by atoms with van der Waals surface area (Å²) in [5.74, 6) is 0. The SMILES string of the molecule is CN1CCn2c(ccc2S(C)(=O)=O)C12CCNCC2. The molecule has 1 spiro atoms. The Bertz CT molecular complexity index is 585. The number of fused-ring (bicyclic) bond motifs is 2. The first-order chi connectivity index (χ1) is 8.95. The molecule has 1 aromatic rings. The Kier molecular flexibility index (Phi) is 2.99. The van der Waals surface area contributed by atoms with Crippen molar-refractivity contribution in [2.24, 2.45) is 0 Å². The second-order valence-electron chi connectivity index (χ2n) is 5.68. The normalized spacial score (nSPS) is 23.5. The molecule has 0 unspecified atom stereocenters. The quantitative estimate of drug-likeness (QED) is 0.811. The number of hydrogen-bond donors (Lipinski definition) is 1. The molecule has 0 aliphatic carbocycles. The molecule has 1 aromatic heterocycles. The zero-order valence-electron chi connectivity index (χ0n) is 11.5. The Morgan fingerprint density at radius 3 is 2.53 bits per heavy atom. The predicted octanol–water partition coefficient (Wildman–Crippen LogP) is 0.416. The van der Waals surface area contributed by atoms with Gasteiger partial charge in [0.25, 0.3) is 0 Å². The zero-order chi connectivity index (χ0) is 13.7. The van der Waals surface area contributed by atoms with Crippen LogP contribution in [0.4, 0.5) is 0 Å². The molecular weight excluding hydrogens is 262 g/mol. The van der Waals surface area contributed by atoms with Crippen molar-refractivity contribution in [3.8, 4) is 0 Å². The first-order valence-corrected chi connectivity index (χ1v) is 8.66. The van der Waals surface area contributed by atoms with Gasteiger partial charge >= 0.3 is 0 Å². The highest BCUT2D eigenvalue weighted by Gasteiger charge is 2.43. The molecule has 19 heavy (non-hydrogen) atoms. The molecule has 3 heterocycles.